The van der Waals surface area contributed by atoms with E-state index in [2.05, 4.69) is 12.4 Å². The highest BCUT2D eigenvalue weighted by molar-refractivity contribution is 5.00. The van der Waals surface area contributed by atoms with Crippen LogP contribution in [0.5, 0.6) is 0 Å². The van der Waals surface area contributed by atoms with Crippen molar-refractivity contribution in [3.8, 4) is 0 Å². The first-order valence-electron chi connectivity index (χ1n) is 7.62. The van der Waals surface area contributed by atoms with Gasteiger partial charge in [0.05, 0.1) is 11.7 Å². The highest BCUT2D eigenvalue weighted by atomic mass is 16.5. The molecule has 2 saturated carbocycles. The fraction of sp³-hybridized carbons (Fsp3) is 1.00. The first-order chi connectivity index (χ1) is 8.78. The number of hydrogen-bond acceptors (Lipinski definition) is 3. The van der Waals surface area contributed by atoms with Crippen molar-refractivity contribution >= 4 is 0 Å². The smallest absolute Gasteiger partial charge is 0.0754 e. The van der Waals surface area contributed by atoms with Crippen molar-refractivity contribution in [1.29, 1.82) is 0 Å². The molecule has 3 heteroatoms. The molecule has 3 fully saturated rings. The molecule has 1 saturated heterocycles. The van der Waals surface area contributed by atoms with E-state index in [1.807, 2.05) is 7.11 Å². The summed E-state index contributed by atoms with van der Waals surface area (Å²) < 4.78 is 11.8. The number of ether oxygens (including phenoxy) is 2. The van der Waals surface area contributed by atoms with Gasteiger partial charge in [0, 0.05) is 19.8 Å². The van der Waals surface area contributed by atoms with Crippen molar-refractivity contribution in [2.75, 3.05) is 20.8 Å². The largest absolute Gasteiger partial charge is 0.380 e. The molecule has 1 N–H and O–H groups in total. The van der Waals surface area contributed by atoms with Crippen LogP contribution in [0.1, 0.15) is 44.9 Å². The Labute approximate surface area is 111 Å². The minimum Gasteiger partial charge on any atom is -0.380 e. The maximum Gasteiger partial charge on any atom is 0.0754 e. The van der Waals surface area contributed by atoms with Gasteiger partial charge in [0.25, 0.3) is 0 Å². The summed E-state index contributed by atoms with van der Waals surface area (Å²) in [5.74, 6) is 1.53. The predicted octanol–water partition coefficient (Wildman–Crippen LogP) is 2.35. The van der Waals surface area contributed by atoms with Crippen LogP contribution in [0.3, 0.4) is 0 Å². The Morgan fingerprint density at radius 1 is 1.22 bits per heavy atom. The van der Waals surface area contributed by atoms with Crippen LogP contribution in [-0.4, -0.2) is 38.5 Å². The minimum absolute atomic E-state index is 0.250. The number of hydrogen-bond donors (Lipinski definition) is 1. The Balaban J connectivity index is 1.66. The van der Waals surface area contributed by atoms with E-state index in [0.717, 1.165) is 18.4 Å². The molecule has 0 amide bonds. The standard InChI is InChI=1S/C15H27NO2/c1-16-13(14(17-2)11-4-5-11)12-6-9-18-15(10-12)7-3-8-15/h11-14,16H,3-10H2,1-2H3. The Kier molecular flexibility index (Phi) is 3.65. The molecule has 0 aromatic carbocycles. The molecule has 0 aromatic rings. The Hall–Kier alpha value is -0.120. The normalized spacial score (nSPS) is 34.0. The molecule has 104 valence electrons. The highest BCUT2D eigenvalue weighted by Gasteiger charge is 2.47. The van der Waals surface area contributed by atoms with Crippen molar-refractivity contribution < 1.29 is 9.47 Å². The molecule has 18 heavy (non-hydrogen) atoms. The van der Waals surface area contributed by atoms with Crippen molar-refractivity contribution in [3.05, 3.63) is 0 Å². The molecular formula is C15H27NO2. The maximum absolute atomic E-state index is 6.05. The van der Waals surface area contributed by atoms with Crippen LogP contribution in [0.2, 0.25) is 0 Å². The summed E-state index contributed by atoms with van der Waals surface area (Å²) in [5, 5.41) is 3.55. The SMILES string of the molecule is CNC(C1CCOC2(CCC2)C1)C(OC)C1CC1. The lowest BCUT2D eigenvalue weighted by Crippen LogP contribution is -2.53. The molecule has 1 aliphatic heterocycles. The first kappa shape index (κ1) is 12.9. The third-order valence-corrected chi connectivity index (χ3v) is 5.35. The molecule has 3 unspecified atom stereocenters. The third kappa shape index (κ3) is 2.33. The molecule has 3 rings (SSSR count). The second-order valence-corrected chi connectivity index (χ2v) is 6.49. The van der Waals surface area contributed by atoms with Crippen LogP contribution in [0.4, 0.5) is 0 Å². The second kappa shape index (κ2) is 5.10. The number of likely N-dealkylation sites (N-methyl/N-ethyl adjacent to an activating group) is 1. The third-order valence-electron chi connectivity index (χ3n) is 5.35. The van der Waals surface area contributed by atoms with Crippen LogP contribution in [0.25, 0.3) is 0 Å². The summed E-state index contributed by atoms with van der Waals surface area (Å²) in [7, 11) is 3.98. The Morgan fingerprint density at radius 3 is 2.50 bits per heavy atom. The van der Waals surface area contributed by atoms with E-state index in [4.69, 9.17) is 9.47 Å². The topological polar surface area (TPSA) is 30.5 Å². The fourth-order valence-corrected chi connectivity index (χ4v) is 4.02. The molecule has 3 nitrogen and oxygen atoms in total. The van der Waals surface area contributed by atoms with Gasteiger partial charge in [-0.3, -0.25) is 0 Å². The molecule has 0 aromatic heterocycles. The quantitative estimate of drug-likeness (QED) is 0.816. The zero-order valence-corrected chi connectivity index (χ0v) is 11.8. The molecule has 0 bridgehead atoms. The van der Waals surface area contributed by atoms with Crippen LogP contribution < -0.4 is 5.32 Å². The van der Waals surface area contributed by atoms with E-state index in [-0.39, 0.29) is 5.60 Å². The molecule has 3 atom stereocenters. The van der Waals surface area contributed by atoms with E-state index >= 15 is 0 Å². The number of nitrogens with one attached hydrogen (secondary N) is 1. The van der Waals surface area contributed by atoms with Gasteiger partial charge in [0.2, 0.25) is 0 Å². The lowest BCUT2D eigenvalue weighted by atomic mass is 9.69. The van der Waals surface area contributed by atoms with E-state index in [0.29, 0.717) is 12.1 Å². The van der Waals surface area contributed by atoms with Gasteiger partial charge >= 0.3 is 0 Å². The van der Waals surface area contributed by atoms with Crippen LogP contribution in [0, 0.1) is 11.8 Å². The minimum atomic E-state index is 0.250. The molecule has 0 radical (unpaired) electrons. The van der Waals surface area contributed by atoms with E-state index in [1.54, 1.807) is 0 Å². The van der Waals surface area contributed by atoms with E-state index in [9.17, 15) is 0 Å². The maximum atomic E-state index is 6.05. The summed E-state index contributed by atoms with van der Waals surface area (Å²) >= 11 is 0. The molecule has 2 aliphatic carbocycles. The van der Waals surface area contributed by atoms with Crippen LogP contribution in [0.15, 0.2) is 0 Å². The highest BCUT2D eigenvalue weighted by Crippen LogP contribution is 2.46. The summed E-state index contributed by atoms with van der Waals surface area (Å²) in [4.78, 5) is 0. The average molecular weight is 253 g/mol. The van der Waals surface area contributed by atoms with Gasteiger partial charge in [-0.1, -0.05) is 0 Å². The first-order valence-corrected chi connectivity index (χ1v) is 7.62. The zero-order valence-electron chi connectivity index (χ0n) is 11.8. The van der Waals surface area contributed by atoms with Gasteiger partial charge in [-0.15, -0.1) is 0 Å². The summed E-state index contributed by atoms with van der Waals surface area (Å²) in [6.07, 6.45) is 9.46. The van der Waals surface area contributed by atoms with E-state index < -0.39 is 0 Å². The van der Waals surface area contributed by atoms with Crippen molar-refractivity contribution in [3.63, 3.8) is 0 Å². The zero-order chi connectivity index (χ0) is 12.6. The molecule has 1 spiro atoms. The number of rotatable bonds is 5. The van der Waals surface area contributed by atoms with Gasteiger partial charge in [-0.2, -0.15) is 0 Å². The summed E-state index contributed by atoms with van der Waals surface area (Å²) in [6, 6.07) is 0.517. The van der Waals surface area contributed by atoms with Gasteiger partial charge < -0.3 is 14.8 Å². The second-order valence-electron chi connectivity index (χ2n) is 6.49. The van der Waals surface area contributed by atoms with Crippen LogP contribution in [-0.2, 0) is 9.47 Å². The molecule has 1 heterocycles. The fourth-order valence-electron chi connectivity index (χ4n) is 4.02. The Morgan fingerprint density at radius 2 is 2.00 bits per heavy atom. The molecule has 3 aliphatic rings. The lowest BCUT2D eigenvalue weighted by Gasteiger charge is -2.49. The van der Waals surface area contributed by atoms with Gasteiger partial charge in [-0.05, 0) is 63.8 Å². The van der Waals surface area contributed by atoms with Gasteiger partial charge in [0.15, 0.2) is 0 Å². The monoisotopic (exact) mass is 253 g/mol. The predicted molar refractivity (Wildman–Crippen MR) is 71.6 cm³/mol. The molecular weight excluding hydrogens is 226 g/mol. The van der Waals surface area contributed by atoms with Gasteiger partial charge in [-0.25, -0.2) is 0 Å². The van der Waals surface area contributed by atoms with Crippen molar-refractivity contribution in [1.82, 2.24) is 5.32 Å². The van der Waals surface area contributed by atoms with Crippen molar-refractivity contribution in [2.45, 2.75) is 62.7 Å². The van der Waals surface area contributed by atoms with E-state index in [1.165, 1.54) is 44.9 Å². The van der Waals surface area contributed by atoms with Gasteiger partial charge in [0.1, 0.15) is 0 Å². The lowest BCUT2D eigenvalue weighted by molar-refractivity contribution is -0.152. The van der Waals surface area contributed by atoms with Crippen LogP contribution >= 0.6 is 0 Å². The number of methoxy groups -OCH3 is 1. The Bertz CT molecular complexity index is 286. The summed E-state index contributed by atoms with van der Waals surface area (Å²) in [6.45, 7) is 0.948. The average Bonchev–Trinajstić information content (AvgIpc) is 3.18. The summed E-state index contributed by atoms with van der Waals surface area (Å²) in [5.41, 5.74) is 0.250. The van der Waals surface area contributed by atoms with Crippen molar-refractivity contribution in [2.24, 2.45) is 11.8 Å².